The molecule has 1 fully saturated rings. The Morgan fingerprint density at radius 2 is 2.00 bits per heavy atom. The molecule has 0 aromatic heterocycles. The van der Waals surface area contributed by atoms with Gasteiger partial charge < -0.3 is 11.1 Å². The molecule has 0 saturated heterocycles. The van der Waals surface area contributed by atoms with Crippen LogP contribution >= 0.6 is 11.6 Å². The Kier molecular flexibility index (Phi) is 5.26. The molecule has 0 amide bonds. The molecule has 3 N–H and O–H groups in total. The third-order valence-electron chi connectivity index (χ3n) is 4.00. The van der Waals surface area contributed by atoms with Gasteiger partial charge in [0.15, 0.2) is 0 Å². The van der Waals surface area contributed by atoms with E-state index in [4.69, 9.17) is 17.3 Å². The average molecular weight is 281 g/mol. The third-order valence-corrected chi connectivity index (χ3v) is 4.25. The molecule has 1 aromatic rings. The van der Waals surface area contributed by atoms with Crippen LogP contribution in [-0.2, 0) is 6.42 Å². The summed E-state index contributed by atoms with van der Waals surface area (Å²) in [5.41, 5.74) is 7.22. The molecule has 0 radical (unpaired) electrons. The minimum atomic E-state index is -0.0165. The zero-order chi connectivity index (χ0) is 13.7. The lowest BCUT2D eigenvalue weighted by molar-refractivity contribution is 0.356. The second kappa shape index (κ2) is 6.74. The molecule has 1 unspecified atom stereocenters. The van der Waals surface area contributed by atoms with E-state index in [1.807, 2.05) is 12.1 Å². The van der Waals surface area contributed by atoms with Crippen LogP contribution in [0.4, 0.5) is 0 Å². The molecule has 3 heteroatoms. The van der Waals surface area contributed by atoms with Gasteiger partial charge in [0.05, 0.1) is 0 Å². The molecule has 1 atom stereocenters. The first kappa shape index (κ1) is 14.8. The van der Waals surface area contributed by atoms with Gasteiger partial charge in [0, 0.05) is 17.1 Å². The first-order valence-electron chi connectivity index (χ1n) is 7.31. The van der Waals surface area contributed by atoms with E-state index in [2.05, 4.69) is 24.4 Å². The maximum Gasteiger partial charge on any atom is 0.0406 e. The summed E-state index contributed by atoms with van der Waals surface area (Å²) in [5.74, 6) is 1.02. The van der Waals surface area contributed by atoms with Crippen LogP contribution < -0.4 is 11.1 Å². The third kappa shape index (κ3) is 5.13. The Hall–Kier alpha value is -0.570. The maximum absolute atomic E-state index is 5.95. The largest absolute Gasteiger partial charge is 0.329 e. The number of nitrogens with one attached hydrogen (secondary N) is 1. The van der Waals surface area contributed by atoms with Crippen LogP contribution in [0.15, 0.2) is 24.3 Å². The van der Waals surface area contributed by atoms with Crippen LogP contribution in [0.5, 0.6) is 0 Å². The second-order valence-electron chi connectivity index (χ2n) is 6.08. The normalized spacial score (nSPS) is 18.3. The molecule has 1 aliphatic carbocycles. The summed E-state index contributed by atoms with van der Waals surface area (Å²) >= 11 is 5.91. The molecule has 106 valence electrons. The molecule has 0 bridgehead atoms. The van der Waals surface area contributed by atoms with Crippen LogP contribution in [0.25, 0.3) is 0 Å². The van der Waals surface area contributed by atoms with E-state index in [-0.39, 0.29) is 5.54 Å². The Morgan fingerprint density at radius 3 is 2.58 bits per heavy atom. The van der Waals surface area contributed by atoms with E-state index in [1.165, 1.54) is 31.2 Å². The summed E-state index contributed by atoms with van der Waals surface area (Å²) in [7, 11) is 0. The lowest BCUT2D eigenvalue weighted by atomic mass is 9.92. The number of rotatable bonds is 8. The van der Waals surface area contributed by atoms with E-state index in [0.717, 1.165) is 23.9 Å². The van der Waals surface area contributed by atoms with Gasteiger partial charge in [-0.1, -0.05) is 36.6 Å². The molecule has 1 aliphatic rings. The highest BCUT2D eigenvalue weighted by Gasteiger charge is 2.23. The van der Waals surface area contributed by atoms with E-state index >= 15 is 0 Å². The van der Waals surface area contributed by atoms with Crippen LogP contribution in [0.3, 0.4) is 0 Å². The molecule has 0 aliphatic heterocycles. The van der Waals surface area contributed by atoms with Gasteiger partial charge in [-0.05, 0) is 56.3 Å². The van der Waals surface area contributed by atoms with Gasteiger partial charge >= 0.3 is 0 Å². The van der Waals surface area contributed by atoms with Crippen molar-refractivity contribution in [2.45, 2.75) is 44.6 Å². The van der Waals surface area contributed by atoms with Gasteiger partial charge in [0.2, 0.25) is 0 Å². The average Bonchev–Trinajstić information content (AvgIpc) is 3.22. The summed E-state index contributed by atoms with van der Waals surface area (Å²) in [5, 5.41) is 4.42. The summed E-state index contributed by atoms with van der Waals surface area (Å²) in [4.78, 5) is 0. The Labute approximate surface area is 121 Å². The fourth-order valence-electron chi connectivity index (χ4n) is 2.45. The van der Waals surface area contributed by atoms with Crippen LogP contribution in [-0.4, -0.2) is 18.6 Å². The minimum Gasteiger partial charge on any atom is -0.329 e. The van der Waals surface area contributed by atoms with Crippen molar-refractivity contribution < 1.29 is 0 Å². The fourth-order valence-corrected chi connectivity index (χ4v) is 2.57. The molecule has 2 nitrogen and oxygen atoms in total. The standard InChI is InChI=1S/C16H25ClN2/c1-16(12-18,19-10-2-3-13-4-5-13)11-14-6-8-15(17)9-7-14/h6-9,13,19H,2-5,10-12,18H2,1H3. The van der Waals surface area contributed by atoms with E-state index < -0.39 is 0 Å². The molecule has 1 saturated carbocycles. The van der Waals surface area contributed by atoms with Crippen molar-refractivity contribution in [2.75, 3.05) is 13.1 Å². The molecule has 1 aromatic carbocycles. The number of halogens is 1. The number of hydrogen-bond acceptors (Lipinski definition) is 2. The topological polar surface area (TPSA) is 38.0 Å². The number of hydrogen-bond donors (Lipinski definition) is 2. The molecular formula is C16H25ClN2. The van der Waals surface area contributed by atoms with Crippen molar-refractivity contribution in [3.8, 4) is 0 Å². The number of benzene rings is 1. The minimum absolute atomic E-state index is 0.0165. The van der Waals surface area contributed by atoms with Gasteiger partial charge in [0.1, 0.15) is 0 Å². The van der Waals surface area contributed by atoms with Crippen molar-refractivity contribution >= 4 is 11.6 Å². The first-order valence-corrected chi connectivity index (χ1v) is 7.69. The molecule has 2 rings (SSSR count). The SMILES string of the molecule is CC(CN)(Cc1ccc(Cl)cc1)NCCCC1CC1. The van der Waals surface area contributed by atoms with E-state index in [0.29, 0.717) is 6.54 Å². The molecule has 0 spiro atoms. The lowest BCUT2D eigenvalue weighted by Gasteiger charge is -2.30. The Balaban J connectivity index is 1.79. The first-order chi connectivity index (χ1) is 9.11. The van der Waals surface area contributed by atoms with E-state index in [1.54, 1.807) is 0 Å². The van der Waals surface area contributed by atoms with Crippen LogP contribution in [0.2, 0.25) is 5.02 Å². The zero-order valence-corrected chi connectivity index (χ0v) is 12.5. The summed E-state index contributed by atoms with van der Waals surface area (Å²) < 4.78 is 0. The van der Waals surface area contributed by atoms with Crippen molar-refractivity contribution in [1.82, 2.24) is 5.32 Å². The summed E-state index contributed by atoms with van der Waals surface area (Å²) in [6.07, 6.45) is 6.47. The van der Waals surface area contributed by atoms with Gasteiger partial charge in [-0.15, -0.1) is 0 Å². The highest BCUT2D eigenvalue weighted by atomic mass is 35.5. The molecule has 19 heavy (non-hydrogen) atoms. The lowest BCUT2D eigenvalue weighted by Crippen LogP contribution is -2.50. The molecular weight excluding hydrogens is 256 g/mol. The number of nitrogens with two attached hydrogens (primary N) is 1. The molecule has 0 heterocycles. The van der Waals surface area contributed by atoms with Gasteiger partial charge in [-0.3, -0.25) is 0 Å². The smallest absolute Gasteiger partial charge is 0.0406 e. The van der Waals surface area contributed by atoms with Crippen molar-refractivity contribution in [1.29, 1.82) is 0 Å². The van der Waals surface area contributed by atoms with Crippen molar-refractivity contribution in [3.63, 3.8) is 0 Å². The Morgan fingerprint density at radius 1 is 1.32 bits per heavy atom. The predicted octanol–water partition coefficient (Wildman–Crippen LogP) is 3.38. The second-order valence-corrected chi connectivity index (χ2v) is 6.52. The highest BCUT2D eigenvalue weighted by Crippen LogP contribution is 2.33. The maximum atomic E-state index is 5.95. The van der Waals surface area contributed by atoms with Crippen molar-refractivity contribution in [2.24, 2.45) is 11.7 Å². The van der Waals surface area contributed by atoms with Crippen molar-refractivity contribution in [3.05, 3.63) is 34.9 Å². The van der Waals surface area contributed by atoms with Gasteiger partial charge in [-0.2, -0.15) is 0 Å². The van der Waals surface area contributed by atoms with Gasteiger partial charge in [0.25, 0.3) is 0 Å². The van der Waals surface area contributed by atoms with E-state index in [9.17, 15) is 0 Å². The van der Waals surface area contributed by atoms with Crippen LogP contribution in [0.1, 0.15) is 38.2 Å². The van der Waals surface area contributed by atoms with Crippen LogP contribution in [0, 0.1) is 5.92 Å². The highest BCUT2D eigenvalue weighted by molar-refractivity contribution is 6.30. The quantitative estimate of drug-likeness (QED) is 0.717. The fraction of sp³-hybridized carbons (Fsp3) is 0.625. The Bertz CT molecular complexity index is 386. The summed E-state index contributed by atoms with van der Waals surface area (Å²) in [6, 6.07) is 8.06. The zero-order valence-electron chi connectivity index (χ0n) is 11.8. The van der Waals surface area contributed by atoms with Gasteiger partial charge in [-0.25, -0.2) is 0 Å². The summed E-state index contributed by atoms with van der Waals surface area (Å²) in [6.45, 7) is 3.93. The predicted molar refractivity (Wildman–Crippen MR) is 82.6 cm³/mol. The monoisotopic (exact) mass is 280 g/mol.